The predicted molar refractivity (Wildman–Crippen MR) is 117 cm³/mol. The third kappa shape index (κ3) is 6.42. The third-order valence-corrected chi connectivity index (χ3v) is 4.63. The van der Waals surface area contributed by atoms with Crippen molar-refractivity contribution in [1.82, 2.24) is 15.0 Å². The van der Waals surface area contributed by atoms with Crippen molar-refractivity contribution in [1.29, 1.82) is 0 Å². The molecule has 1 aromatic carbocycles. The normalized spacial score (nSPS) is 10.9. The van der Waals surface area contributed by atoms with Crippen LogP contribution >= 0.6 is 23.2 Å². The van der Waals surface area contributed by atoms with Gasteiger partial charge in [0.25, 0.3) is 0 Å². The van der Waals surface area contributed by atoms with Gasteiger partial charge >= 0.3 is 0 Å². The quantitative estimate of drug-likeness (QED) is 0.237. The summed E-state index contributed by atoms with van der Waals surface area (Å²) in [4.78, 5) is 16.2. The van der Waals surface area contributed by atoms with Crippen molar-refractivity contribution >= 4 is 52.4 Å². The van der Waals surface area contributed by atoms with Gasteiger partial charge in [-0.3, -0.25) is 0 Å². The largest absolute Gasteiger partial charge is 0.397 e. The molecule has 2 aromatic rings. The Morgan fingerprint density at radius 3 is 1.67 bits per heavy atom. The molecule has 0 amide bonds. The van der Waals surface area contributed by atoms with Crippen LogP contribution in [0.15, 0.2) is 12.1 Å². The number of hydrogen-bond acceptors (Lipinski definition) is 11. The van der Waals surface area contributed by atoms with Gasteiger partial charge < -0.3 is 41.3 Å². The lowest BCUT2D eigenvalue weighted by molar-refractivity contribution is 0.279. The van der Waals surface area contributed by atoms with Crippen LogP contribution in [0, 0.1) is 0 Å². The molecule has 0 aliphatic rings. The molecule has 0 saturated carbocycles. The van der Waals surface area contributed by atoms with Gasteiger partial charge in [-0.25, -0.2) is 0 Å². The van der Waals surface area contributed by atoms with Crippen LogP contribution in [0.4, 0.5) is 29.2 Å². The number of rotatable bonds is 12. The maximum atomic E-state index is 9.34. The molecule has 11 nitrogen and oxygen atoms in total. The van der Waals surface area contributed by atoms with Gasteiger partial charge in [0.05, 0.1) is 47.8 Å². The fourth-order valence-electron chi connectivity index (χ4n) is 2.58. The summed E-state index contributed by atoms with van der Waals surface area (Å²) in [5.41, 5.74) is 6.48. The number of anilines is 5. The molecule has 0 bridgehead atoms. The van der Waals surface area contributed by atoms with Crippen LogP contribution in [0.25, 0.3) is 0 Å². The first-order chi connectivity index (χ1) is 14.4. The number of halogens is 2. The van der Waals surface area contributed by atoms with Crippen LogP contribution in [-0.2, 0) is 0 Å². The highest BCUT2D eigenvalue weighted by atomic mass is 35.5. The molecule has 1 aromatic heterocycles. The summed E-state index contributed by atoms with van der Waals surface area (Å²) in [5, 5.41) is 40.9. The monoisotopic (exact) mass is 461 g/mol. The SMILES string of the molecule is Nc1cc(Cl)c(Nc2nc(N(CCO)CCO)nc(N(CCO)CCO)n2)cc1Cl. The molecule has 2 rings (SSSR count). The van der Waals surface area contributed by atoms with E-state index in [-0.39, 0.29) is 70.5 Å². The molecule has 0 aliphatic carbocycles. The minimum atomic E-state index is -0.180. The molecule has 1 heterocycles. The van der Waals surface area contributed by atoms with Crippen LogP contribution in [0.3, 0.4) is 0 Å². The Morgan fingerprint density at radius 1 is 0.767 bits per heavy atom. The number of benzene rings is 1. The number of hydrogen-bond donors (Lipinski definition) is 6. The Morgan fingerprint density at radius 2 is 1.23 bits per heavy atom. The van der Waals surface area contributed by atoms with Gasteiger partial charge in [0.15, 0.2) is 0 Å². The lowest BCUT2D eigenvalue weighted by Gasteiger charge is -2.25. The minimum Gasteiger partial charge on any atom is -0.397 e. The van der Waals surface area contributed by atoms with Crippen LogP contribution in [-0.4, -0.2) is 88.0 Å². The van der Waals surface area contributed by atoms with Gasteiger partial charge in [-0.2, -0.15) is 15.0 Å². The van der Waals surface area contributed by atoms with E-state index in [4.69, 9.17) is 28.9 Å². The summed E-state index contributed by atoms with van der Waals surface area (Å²) in [6.45, 7) is -0.00762. The van der Waals surface area contributed by atoms with Gasteiger partial charge in [-0.1, -0.05) is 23.2 Å². The molecule has 7 N–H and O–H groups in total. The fourth-order valence-corrected chi connectivity index (χ4v) is 2.96. The van der Waals surface area contributed by atoms with E-state index in [1.807, 2.05) is 0 Å². The van der Waals surface area contributed by atoms with Gasteiger partial charge in [0.1, 0.15) is 0 Å². The summed E-state index contributed by atoms with van der Waals surface area (Å²) < 4.78 is 0. The molecule has 0 fully saturated rings. The van der Waals surface area contributed by atoms with Crippen molar-refractivity contribution in [3.8, 4) is 0 Å². The van der Waals surface area contributed by atoms with Crippen LogP contribution < -0.4 is 20.9 Å². The van der Waals surface area contributed by atoms with Crippen LogP contribution in [0.5, 0.6) is 0 Å². The summed E-state index contributed by atoms with van der Waals surface area (Å²) in [6.07, 6.45) is 0. The predicted octanol–water partition coefficient (Wildman–Crippen LogP) is 0.0862. The average Bonchev–Trinajstić information content (AvgIpc) is 2.71. The average molecular weight is 462 g/mol. The number of nitrogens with one attached hydrogen (secondary N) is 1. The Kier molecular flexibility index (Phi) is 9.56. The Balaban J connectivity index is 2.50. The first-order valence-corrected chi connectivity index (χ1v) is 9.90. The summed E-state index contributed by atoms with van der Waals surface area (Å²) in [7, 11) is 0. The van der Waals surface area contributed by atoms with Gasteiger partial charge in [-0.05, 0) is 12.1 Å². The van der Waals surface area contributed by atoms with Crippen molar-refractivity contribution in [2.75, 3.05) is 73.5 Å². The zero-order chi connectivity index (χ0) is 22.1. The standard InChI is InChI=1S/C17H25Cl2N7O4/c18-11-10-14(12(19)9-13(11)20)21-15-22-16(25(1-5-27)2-6-28)24-17(23-15)26(3-7-29)4-8-30/h9-10,27-30H,1-8,20H2,(H,21,22,23,24). The first-order valence-electron chi connectivity index (χ1n) is 9.14. The zero-order valence-electron chi connectivity index (χ0n) is 16.2. The maximum Gasteiger partial charge on any atom is 0.233 e. The van der Waals surface area contributed by atoms with E-state index in [0.29, 0.717) is 21.4 Å². The number of nitrogen functional groups attached to an aromatic ring is 1. The highest BCUT2D eigenvalue weighted by molar-refractivity contribution is 6.37. The van der Waals surface area contributed by atoms with Crippen molar-refractivity contribution in [2.45, 2.75) is 0 Å². The van der Waals surface area contributed by atoms with E-state index < -0.39 is 0 Å². The van der Waals surface area contributed by atoms with Gasteiger partial charge in [-0.15, -0.1) is 0 Å². The van der Waals surface area contributed by atoms with Gasteiger partial charge in [0, 0.05) is 26.2 Å². The third-order valence-electron chi connectivity index (χ3n) is 3.99. The first kappa shape index (κ1) is 24.1. The highest BCUT2D eigenvalue weighted by Gasteiger charge is 2.18. The number of aliphatic hydroxyl groups is 4. The Bertz CT molecular complexity index is 785. The number of nitrogens with two attached hydrogens (primary N) is 1. The molecule has 13 heteroatoms. The second-order valence-corrected chi connectivity index (χ2v) is 6.92. The second kappa shape index (κ2) is 11.9. The van der Waals surface area contributed by atoms with Crippen molar-refractivity contribution in [3.63, 3.8) is 0 Å². The molecular formula is C17H25Cl2N7O4. The number of aliphatic hydroxyl groups excluding tert-OH is 4. The van der Waals surface area contributed by atoms with E-state index in [0.717, 1.165) is 0 Å². The Labute approximate surface area is 183 Å². The van der Waals surface area contributed by atoms with E-state index in [9.17, 15) is 20.4 Å². The number of aromatic nitrogens is 3. The highest BCUT2D eigenvalue weighted by Crippen LogP contribution is 2.32. The van der Waals surface area contributed by atoms with E-state index in [2.05, 4.69) is 20.3 Å². The molecule has 30 heavy (non-hydrogen) atoms. The van der Waals surface area contributed by atoms with Crippen LogP contribution in [0.1, 0.15) is 0 Å². The topological polar surface area (TPSA) is 164 Å². The lowest BCUT2D eigenvalue weighted by Crippen LogP contribution is -2.34. The van der Waals surface area contributed by atoms with Crippen molar-refractivity contribution in [3.05, 3.63) is 22.2 Å². The van der Waals surface area contributed by atoms with E-state index >= 15 is 0 Å². The number of nitrogens with zero attached hydrogens (tertiary/aromatic N) is 5. The second-order valence-electron chi connectivity index (χ2n) is 6.11. The van der Waals surface area contributed by atoms with Gasteiger partial charge in [0.2, 0.25) is 17.8 Å². The molecule has 166 valence electrons. The summed E-state index contributed by atoms with van der Waals surface area (Å²) in [6, 6.07) is 3.02. The fraction of sp³-hybridized carbons (Fsp3) is 0.471. The van der Waals surface area contributed by atoms with E-state index in [1.165, 1.54) is 12.1 Å². The molecule has 0 unspecified atom stereocenters. The summed E-state index contributed by atoms with van der Waals surface area (Å²) in [5.74, 6) is 0.479. The van der Waals surface area contributed by atoms with Crippen molar-refractivity contribution in [2.24, 2.45) is 0 Å². The smallest absolute Gasteiger partial charge is 0.233 e. The summed E-state index contributed by atoms with van der Waals surface area (Å²) >= 11 is 12.3. The Hall–Kier alpha value is -2.15. The molecule has 0 saturated heterocycles. The van der Waals surface area contributed by atoms with Crippen LogP contribution in [0.2, 0.25) is 10.0 Å². The lowest BCUT2D eigenvalue weighted by atomic mass is 10.3. The minimum absolute atomic E-state index is 0.111. The van der Waals surface area contributed by atoms with E-state index in [1.54, 1.807) is 9.80 Å². The molecule has 0 aliphatic heterocycles. The molecular weight excluding hydrogens is 437 g/mol. The molecule has 0 atom stereocenters. The molecule has 0 radical (unpaired) electrons. The zero-order valence-corrected chi connectivity index (χ0v) is 17.7. The molecule has 0 spiro atoms. The van der Waals surface area contributed by atoms with Crippen molar-refractivity contribution < 1.29 is 20.4 Å². The maximum absolute atomic E-state index is 9.34.